The molecule has 1 aromatic heterocycles. The number of hydrogen-bond donors (Lipinski definition) is 2. The quantitative estimate of drug-likeness (QED) is 0.851. The highest BCUT2D eigenvalue weighted by Gasteiger charge is 2.15. The molecule has 0 atom stereocenters. The van der Waals surface area contributed by atoms with Gasteiger partial charge in [-0.1, -0.05) is 12.2 Å². The summed E-state index contributed by atoms with van der Waals surface area (Å²) in [6.45, 7) is 3.84. The SMILES string of the molecule is CC(C)n1nccc1Nc1c(F)cc(C(N)=S)cc1F. The van der Waals surface area contributed by atoms with Gasteiger partial charge in [-0.05, 0) is 26.0 Å². The number of thiocarbonyl (C=S) groups is 1. The number of anilines is 2. The number of hydrogen-bond acceptors (Lipinski definition) is 3. The molecule has 0 aliphatic carbocycles. The highest BCUT2D eigenvalue weighted by Crippen LogP contribution is 2.25. The van der Waals surface area contributed by atoms with Crippen LogP contribution >= 0.6 is 12.2 Å². The number of rotatable bonds is 4. The third-order valence-corrected chi connectivity index (χ3v) is 2.97. The third-order valence-electron chi connectivity index (χ3n) is 2.74. The fourth-order valence-electron chi connectivity index (χ4n) is 1.79. The van der Waals surface area contributed by atoms with Crippen molar-refractivity contribution in [2.75, 3.05) is 5.32 Å². The van der Waals surface area contributed by atoms with Gasteiger partial charge in [-0.15, -0.1) is 0 Å². The highest BCUT2D eigenvalue weighted by atomic mass is 32.1. The van der Waals surface area contributed by atoms with E-state index in [-0.39, 0.29) is 22.3 Å². The van der Waals surface area contributed by atoms with E-state index in [1.54, 1.807) is 16.9 Å². The number of nitrogens with two attached hydrogens (primary N) is 1. The molecule has 0 saturated heterocycles. The monoisotopic (exact) mass is 296 g/mol. The average molecular weight is 296 g/mol. The van der Waals surface area contributed by atoms with E-state index in [0.29, 0.717) is 5.82 Å². The van der Waals surface area contributed by atoms with E-state index in [0.717, 1.165) is 12.1 Å². The van der Waals surface area contributed by atoms with Gasteiger partial charge in [0, 0.05) is 17.7 Å². The Hall–Kier alpha value is -2.02. The first-order valence-electron chi connectivity index (χ1n) is 5.99. The van der Waals surface area contributed by atoms with Gasteiger partial charge in [0.1, 0.15) is 28.1 Å². The topological polar surface area (TPSA) is 55.9 Å². The van der Waals surface area contributed by atoms with Crippen LogP contribution in [0.4, 0.5) is 20.3 Å². The molecule has 1 aromatic carbocycles. The number of aromatic nitrogens is 2. The Morgan fingerprint density at radius 2 is 1.95 bits per heavy atom. The first-order chi connectivity index (χ1) is 9.40. The summed E-state index contributed by atoms with van der Waals surface area (Å²) >= 11 is 4.71. The molecule has 0 radical (unpaired) electrons. The first kappa shape index (κ1) is 14.4. The van der Waals surface area contributed by atoms with Crippen molar-refractivity contribution in [2.24, 2.45) is 5.73 Å². The maximum atomic E-state index is 13.9. The molecule has 1 heterocycles. The second kappa shape index (κ2) is 5.54. The van der Waals surface area contributed by atoms with Crippen molar-refractivity contribution in [3.63, 3.8) is 0 Å². The molecule has 0 amide bonds. The Morgan fingerprint density at radius 1 is 1.35 bits per heavy atom. The molecule has 0 saturated carbocycles. The van der Waals surface area contributed by atoms with Crippen molar-refractivity contribution in [2.45, 2.75) is 19.9 Å². The van der Waals surface area contributed by atoms with E-state index in [9.17, 15) is 8.78 Å². The third kappa shape index (κ3) is 2.77. The van der Waals surface area contributed by atoms with Crippen LogP contribution in [0, 0.1) is 11.6 Å². The van der Waals surface area contributed by atoms with E-state index in [1.807, 2.05) is 13.8 Å². The zero-order valence-electron chi connectivity index (χ0n) is 11.0. The minimum atomic E-state index is -0.760. The van der Waals surface area contributed by atoms with E-state index in [2.05, 4.69) is 10.4 Å². The van der Waals surface area contributed by atoms with Crippen LogP contribution in [0.15, 0.2) is 24.4 Å². The van der Waals surface area contributed by atoms with Crippen LogP contribution in [0.2, 0.25) is 0 Å². The summed E-state index contributed by atoms with van der Waals surface area (Å²) < 4.78 is 29.5. The van der Waals surface area contributed by atoms with E-state index >= 15 is 0 Å². The molecule has 0 aliphatic heterocycles. The fourth-order valence-corrected chi connectivity index (χ4v) is 1.91. The minimum Gasteiger partial charge on any atom is -0.389 e. The normalized spacial score (nSPS) is 10.8. The van der Waals surface area contributed by atoms with Crippen molar-refractivity contribution in [3.05, 3.63) is 41.6 Å². The second-order valence-corrected chi connectivity index (χ2v) is 5.00. The highest BCUT2D eigenvalue weighted by molar-refractivity contribution is 7.80. The molecule has 0 spiro atoms. The van der Waals surface area contributed by atoms with Crippen LogP contribution in [-0.4, -0.2) is 14.8 Å². The molecule has 7 heteroatoms. The van der Waals surface area contributed by atoms with Gasteiger partial charge in [0.25, 0.3) is 0 Å². The lowest BCUT2D eigenvalue weighted by Gasteiger charge is -2.14. The van der Waals surface area contributed by atoms with Crippen LogP contribution < -0.4 is 11.1 Å². The Balaban J connectivity index is 2.39. The zero-order valence-corrected chi connectivity index (χ0v) is 11.8. The molecular formula is C13H14F2N4S. The summed E-state index contributed by atoms with van der Waals surface area (Å²) in [6.07, 6.45) is 1.56. The average Bonchev–Trinajstić information content (AvgIpc) is 2.81. The number of halogens is 2. The largest absolute Gasteiger partial charge is 0.389 e. The number of nitrogens with one attached hydrogen (secondary N) is 1. The van der Waals surface area contributed by atoms with Gasteiger partial charge in [-0.3, -0.25) is 0 Å². The van der Waals surface area contributed by atoms with Crippen LogP contribution in [0.3, 0.4) is 0 Å². The predicted octanol–water partition coefficient (Wildman–Crippen LogP) is 3.12. The maximum absolute atomic E-state index is 13.9. The Bertz CT molecular complexity index is 629. The van der Waals surface area contributed by atoms with Crippen LogP contribution in [0.25, 0.3) is 0 Å². The summed E-state index contributed by atoms with van der Waals surface area (Å²) in [6, 6.07) is 3.91. The Kier molecular flexibility index (Phi) is 3.99. The molecule has 106 valence electrons. The van der Waals surface area contributed by atoms with Crippen molar-refractivity contribution >= 4 is 28.7 Å². The van der Waals surface area contributed by atoms with Crippen molar-refractivity contribution in [1.29, 1.82) is 0 Å². The van der Waals surface area contributed by atoms with Crippen LogP contribution in [0.5, 0.6) is 0 Å². The zero-order chi connectivity index (χ0) is 14.9. The fraction of sp³-hybridized carbons (Fsp3) is 0.231. The molecule has 0 fully saturated rings. The molecular weight excluding hydrogens is 282 g/mol. The van der Waals surface area contributed by atoms with Gasteiger partial charge < -0.3 is 11.1 Å². The molecule has 2 rings (SSSR count). The molecule has 0 aliphatic rings. The standard InChI is InChI=1S/C13H14F2N4S/c1-7(2)19-11(3-4-17-19)18-12-9(14)5-8(13(16)20)6-10(12)15/h3-7,18H,1-2H3,(H2,16,20). The van der Waals surface area contributed by atoms with Crippen LogP contribution in [-0.2, 0) is 0 Å². The van der Waals surface area contributed by atoms with E-state index in [1.165, 1.54) is 0 Å². The molecule has 20 heavy (non-hydrogen) atoms. The Morgan fingerprint density at radius 3 is 2.45 bits per heavy atom. The lowest BCUT2D eigenvalue weighted by Crippen LogP contribution is -2.12. The summed E-state index contributed by atoms with van der Waals surface area (Å²) in [5.41, 5.74) is 5.26. The van der Waals surface area contributed by atoms with Gasteiger partial charge in [0.15, 0.2) is 0 Å². The van der Waals surface area contributed by atoms with Crippen molar-refractivity contribution < 1.29 is 8.78 Å². The van der Waals surface area contributed by atoms with Gasteiger partial charge in [0.2, 0.25) is 0 Å². The van der Waals surface area contributed by atoms with E-state index < -0.39 is 11.6 Å². The maximum Gasteiger partial charge on any atom is 0.150 e. The first-order valence-corrected chi connectivity index (χ1v) is 6.40. The summed E-state index contributed by atoms with van der Waals surface area (Å²) in [4.78, 5) is -0.0541. The summed E-state index contributed by atoms with van der Waals surface area (Å²) in [7, 11) is 0. The lowest BCUT2D eigenvalue weighted by atomic mass is 10.2. The van der Waals surface area contributed by atoms with Crippen molar-refractivity contribution in [3.8, 4) is 0 Å². The van der Waals surface area contributed by atoms with Gasteiger partial charge in [0.05, 0.1) is 6.20 Å². The second-order valence-electron chi connectivity index (χ2n) is 4.56. The molecule has 2 aromatic rings. The van der Waals surface area contributed by atoms with Crippen LogP contribution in [0.1, 0.15) is 25.5 Å². The molecule has 0 unspecified atom stereocenters. The molecule has 4 nitrogen and oxygen atoms in total. The summed E-state index contributed by atoms with van der Waals surface area (Å²) in [5, 5.41) is 6.79. The van der Waals surface area contributed by atoms with Gasteiger partial charge in [-0.2, -0.15) is 5.10 Å². The molecule has 3 N–H and O–H groups in total. The van der Waals surface area contributed by atoms with E-state index in [4.69, 9.17) is 18.0 Å². The number of nitrogens with zero attached hydrogens (tertiary/aromatic N) is 2. The smallest absolute Gasteiger partial charge is 0.150 e. The predicted molar refractivity (Wildman–Crippen MR) is 78.1 cm³/mol. The molecule has 0 bridgehead atoms. The summed E-state index contributed by atoms with van der Waals surface area (Å²) in [5.74, 6) is -1.02. The van der Waals surface area contributed by atoms with Gasteiger partial charge >= 0.3 is 0 Å². The van der Waals surface area contributed by atoms with Crippen molar-refractivity contribution in [1.82, 2.24) is 9.78 Å². The van der Waals surface area contributed by atoms with Gasteiger partial charge in [-0.25, -0.2) is 13.5 Å². The Labute approximate surface area is 120 Å². The minimum absolute atomic E-state index is 0.0541. The number of benzene rings is 1. The lowest BCUT2D eigenvalue weighted by molar-refractivity contribution is 0.537.